The van der Waals surface area contributed by atoms with Gasteiger partial charge in [-0.05, 0) is 42.8 Å². The topological polar surface area (TPSA) is 91.3 Å². The minimum absolute atomic E-state index is 0.0804. The predicted molar refractivity (Wildman–Crippen MR) is 87.9 cm³/mol. The molecule has 0 atom stereocenters. The molecule has 22 heavy (non-hydrogen) atoms. The molecule has 0 aliphatic rings. The fraction of sp³-hybridized carbons (Fsp3) is 0.267. The third-order valence-electron chi connectivity index (χ3n) is 2.97. The van der Waals surface area contributed by atoms with Gasteiger partial charge in [0.25, 0.3) is 0 Å². The van der Waals surface area contributed by atoms with Crippen LogP contribution in [0.3, 0.4) is 0 Å². The molecule has 2 aromatic rings. The smallest absolute Gasteiger partial charge is 0.232 e. The molecular weight excluding hydrogens is 302 g/mol. The summed E-state index contributed by atoms with van der Waals surface area (Å²) in [4.78, 5) is 4.16. The van der Waals surface area contributed by atoms with E-state index in [2.05, 4.69) is 15.0 Å². The molecule has 0 fully saturated rings. The standard InChI is InChI=1S/C15H19N3O3S/c1-2-3-11-22(20,21)18-14-5-4-10-16-15(14)17-12-6-8-13(19)9-7-12/h4-10,18-19H,2-3,11H2,1H3,(H,16,17). The normalized spacial score (nSPS) is 11.1. The fourth-order valence-electron chi connectivity index (χ4n) is 1.82. The van der Waals surface area contributed by atoms with Crippen molar-refractivity contribution in [2.45, 2.75) is 19.8 Å². The lowest BCUT2D eigenvalue weighted by molar-refractivity contribution is 0.475. The second-order valence-electron chi connectivity index (χ2n) is 4.85. The summed E-state index contributed by atoms with van der Waals surface area (Å²) in [6.45, 7) is 1.94. The summed E-state index contributed by atoms with van der Waals surface area (Å²) >= 11 is 0. The number of pyridine rings is 1. The summed E-state index contributed by atoms with van der Waals surface area (Å²) in [7, 11) is -3.39. The Morgan fingerprint density at radius 1 is 1.18 bits per heavy atom. The Morgan fingerprint density at radius 2 is 1.91 bits per heavy atom. The number of phenolic OH excluding ortho intramolecular Hbond substituents is 1. The van der Waals surface area contributed by atoms with Crippen molar-refractivity contribution in [3.8, 4) is 5.75 Å². The largest absolute Gasteiger partial charge is 0.508 e. The van der Waals surface area contributed by atoms with E-state index >= 15 is 0 Å². The Bertz CT molecular complexity index is 715. The van der Waals surface area contributed by atoms with Crippen LogP contribution >= 0.6 is 0 Å². The van der Waals surface area contributed by atoms with Gasteiger partial charge in [0.2, 0.25) is 10.0 Å². The molecular formula is C15H19N3O3S. The van der Waals surface area contributed by atoms with Crippen LogP contribution in [-0.2, 0) is 10.0 Å². The van der Waals surface area contributed by atoms with Crippen molar-refractivity contribution < 1.29 is 13.5 Å². The second-order valence-corrected chi connectivity index (χ2v) is 6.69. The van der Waals surface area contributed by atoms with Gasteiger partial charge in [-0.1, -0.05) is 13.3 Å². The molecule has 0 bridgehead atoms. The van der Waals surface area contributed by atoms with Crippen LogP contribution in [0.15, 0.2) is 42.6 Å². The van der Waals surface area contributed by atoms with Crippen LogP contribution in [0.1, 0.15) is 19.8 Å². The second kappa shape index (κ2) is 7.13. The number of benzene rings is 1. The van der Waals surface area contributed by atoms with E-state index in [0.717, 1.165) is 6.42 Å². The highest BCUT2D eigenvalue weighted by atomic mass is 32.2. The third-order valence-corrected chi connectivity index (χ3v) is 4.33. The van der Waals surface area contributed by atoms with E-state index in [1.165, 1.54) is 12.1 Å². The molecule has 0 spiro atoms. The number of sulfonamides is 1. The number of aromatic hydroxyl groups is 1. The van der Waals surface area contributed by atoms with Gasteiger partial charge in [-0.15, -0.1) is 0 Å². The fourth-order valence-corrected chi connectivity index (χ4v) is 3.09. The minimum Gasteiger partial charge on any atom is -0.508 e. The van der Waals surface area contributed by atoms with Crippen LogP contribution in [0, 0.1) is 0 Å². The van der Waals surface area contributed by atoms with Crippen molar-refractivity contribution in [3.63, 3.8) is 0 Å². The lowest BCUT2D eigenvalue weighted by Crippen LogP contribution is -2.17. The van der Waals surface area contributed by atoms with Crippen molar-refractivity contribution in [3.05, 3.63) is 42.6 Å². The highest BCUT2D eigenvalue weighted by molar-refractivity contribution is 7.92. The Balaban J connectivity index is 2.18. The van der Waals surface area contributed by atoms with Crippen molar-refractivity contribution in [1.29, 1.82) is 0 Å². The molecule has 0 saturated carbocycles. The molecule has 0 saturated heterocycles. The molecule has 0 aliphatic heterocycles. The zero-order valence-corrected chi connectivity index (χ0v) is 13.1. The number of anilines is 3. The summed E-state index contributed by atoms with van der Waals surface area (Å²) in [6.07, 6.45) is 3.00. The molecule has 0 amide bonds. The number of rotatable bonds is 7. The maximum Gasteiger partial charge on any atom is 0.232 e. The summed E-state index contributed by atoms with van der Waals surface area (Å²) in [5.41, 5.74) is 1.09. The van der Waals surface area contributed by atoms with Gasteiger partial charge in [0, 0.05) is 11.9 Å². The van der Waals surface area contributed by atoms with E-state index in [-0.39, 0.29) is 11.5 Å². The van der Waals surface area contributed by atoms with Gasteiger partial charge in [-0.3, -0.25) is 4.72 Å². The zero-order valence-electron chi connectivity index (χ0n) is 12.3. The van der Waals surface area contributed by atoms with E-state index in [0.29, 0.717) is 23.6 Å². The summed E-state index contributed by atoms with van der Waals surface area (Å²) in [5, 5.41) is 12.3. The van der Waals surface area contributed by atoms with Crippen molar-refractivity contribution in [1.82, 2.24) is 4.98 Å². The van der Waals surface area contributed by atoms with Crippen molar-refractivity contribution in [2.75, 3.05) is 15.8 Å². The number of phenols is 1. The first-order valence-electron chi connectivity index (χ1n) is 7.02. The monoisotopic (exact) mass is 321 g/mol. The van der Waals surface area contributed by atoms with Gasteiger partial charge >= 0.3 is 0 Å². The summed E-state index contributed by atoms with van der Waals surface area (Å²) < 4.78 is 26.6. The van der Waals surface area contributed by atoms with Crippen LogP contribution in [0.5, 0.6) is 5.75 Å². The van der Waals surface area contributed by atoms with E-state index in [9.17, 15) is 13.5 Å². The van der Waals surface area contributed by atoms with E-state index in [1.807, 2.05) is 6.92 Å². The first-order chi connectivity index (χ1) is 10.5. The maximum absolute atomic E-state index is 12.0. The van der Waals surface area contributed by atoms with Gasteiger partial charge in [-0.2, -0.15) is 0 Å². The van der Waals surface area contributed by atoms with Gasteiger partial charge in [0.1, 0.15) is 5.75 Å². The van der Waals surface area contributed by atoms with Crippen LogP contribution in [0.25, 0.3) is 0 Å². The number of nitrogens with zero attached hydrogens (tertiary/aromatic N) is 1. The molecule has 0 radical (unpaired) electrons. The first kappa shape index (κ1) is 16.1. The third kappa shape index (κ3) is 4.63. The molecule has 2 rings (SSSR count). The zero-order chi connectivity index (χ0) is 16.0. The van der Waals surface area contributed by atoms with E-state index < -0.39 is 10.0 Å². The summed E-state index contributed by atoms with van der Waals surface area (Å²) in [6, 6.07) is 9.75. The van der Waals surface area contributed by atoms with Gasteiger partial charge in [-0.25, -0.2) is 13.4 Å². The highest BCUT2D eigenvalue weighted by Crippen LogP contribution is 2.24. The molecule has 0 aliphatic carbocycles. The predicted octanol–water partition coefficient (Wildman–Crippen LogP) is 3.07. The average Bonchev–Trinajstić information content (AvgIpc) is 2.49. The van der Waals surface area contributed by atoms with Crippen LogP contribution in [0.2, 0.25) is 0 Å². The molecule has 6 nitrogen and oxygen atoms in total. The molecule has 0 unspecified atom stereocenters. The molecule has 1 aromatic carbocycles. The van der Waals surface area contributed by atoms with E-state index in [4.69, 9.17) is 0 Å². The SMILES string of the molecule is CCCCS(=O)(=O)Nc1cccnc1Nc1ccc(O)cc1. The highest BCUT2D eigenvalue weighted by Gasteiger charge is 2.13. The van der Waals surface area contributed by atoms with Crippen LogP contribution in [-0.4, -0.2) is 24.3 Å². The van der Waals surface area contributed by atoms with Crippen molar-refractivity contribution in [2.24, 2.45) is 0 Å². The molecule has 3 N–H and O–H groups in total. The van der Waals surface area contributed by atoms with E-state index in [1.54, 1.807) is 30.5 Å². The first-order valence-corrected chi connectivity index (χ1v) is 8.67. The Labute approximate surface area is 130 Å². The van der Waals surface area contributed by atoms with Gasteiger partial charge in [0.05, 0.1) is 11.4 Å². The number of hydrogen-bond donors (Lipinski definition) is 3. The molecule has 1 heterocycles. The van der Waals surface area contributed by atoms with Crippen LogP contribution in [0.4, 0.5) is 17.2 Å². The molecule has 1 aromatic heterocycles. The summed E-state index contributed by atoms with van der Waals surface area (Å²) in [5.74, 6) is 0.650. The lowest BCUT2D eigenvalue weighted by Gasteiger charge is -2.13. The van der Waals surface area contributed by atoms with Gasteiger partial charge in [0.15, 0.2) is 5.82 Å². The average molecular weight is 321 g/mol. The Hall–Kier alpha value is -2.28. The van der Waals surface area contributed by atoms with Crippen molar-refractivity contribution >= 4 is 27.2 Å². The molecule has 118 valence electrons. The Morgan fingerprint density at radius 3 is 2.59 bits per heavy atom. The molecule has 7 heteroatoms. The number of hydrogen-bond acceptors (Lipinski definition) is 5. The minimum atomic E-state index is -3.39. The van der Waals surface area contributed by atoms with Gasteiger partial charge < -0.3 is 10.4 Å². The number of nitrogens with one attached hydrogen (secondary N) is 2. The quantitative estimate of drug-likeness (QED) is 0.682. The maximum atomic E-state index is 12.0. The number of aromatic nitrogens is 1. The van der Waals surface area contributed by atoms with Crippen LogP contribution < -0.4 is 10.0 Å². The number of unbranched alkanes of at least 4 members (excludes halogenated alkanes) is 1. The Kier molecular flexibility index (Phi) is 5.21. The lowest BCUT2D eigenvalue weighted by atomic mass is 10.3.